The maximum Gasteiger partial charge on any atom is 0.238 e. The summed E-state index contributed by atoms with van der Waals surface area (Å²) in [6.07, 6.45) is 11.8. The van der Waals surface area contributed by atoms with Crippen LogP contribution in [-0.4, -0.2) is 35.3 Å². The molecule has 155 valence electrons. The minimum absolute atomic E-state index is 0.537. The fraction of sp³-hybridized carbons (Fsp3) is 0.292. The summed E-state index contributed by atoms with van der Waals surface area (Å²) in [7, 11) is 0. The molecule has 0 bridgehead atoms. The predicted octanol–water partition coefficient (Wildman–Crippen LogP) is 4.15. The van der Waals surface area contributed by atoms with Crippen LogP contribution in [0.4, 0.5) is 0 Å². The van der Waals surface area contributed by atoms with E-state index in [1.54, 1.807) is 12.5 Å². The monoisotopic (exact) mass is 411 g/mol. The van der Waals surface area contributed by atoms with E-state index < -0.39 is 0 Å². The maximum atomic E-state index is 6.16. The number of imidazole rings is 1. The lowest BCUT2D eigenvalue weighted by molar-refractivity contribution is 0.289. The highest BCUT2D eigenvalue weighted by Gasteiger charge is 2.27. The third-order valence-corrected chi connectivity index (χ3v) is 6.03. The average Bonchev–Trinajstić information content (AvgIpc) is 3.17. The van der Waals surface area contributed by atoms with E-state index in [4.69, 9.17) is 9.84 Å². The second kappa shape index (κ2) is 7.27. The summed E-state index contributed by atoms with van der Waals surface area (Å²) in [6, 6.07) is 11.4. The molecular formula is C24H23N6O. The van der Waals surface area contributed by atoms with Crippen molar-refractivity contribution in [3.8, 4) is 17.3 Å². The number of pyridine rings is 2. The Bertz CT molecular complexity index is 1360. The SMILES string of the molecule is Cc1c(-c2cc3ccnc(OCCn4ccnc4)c3n2CC2CC2)nn2c[c]ccc12. The largest absolute Gasteiger partial charge is 0.474 e. The Morgan fingerprint density at radius 3 is 2.97 bits per heavy atom. The number of hydrogen-bond donors (Lipinski definition) is 0. The molecule has 0 spiro atoms. The number of ether oxygens (including phenoxy) is 1. The van der Waals surface area contributed by atoms with E-state index in [0.717, 1.165) is 40.9 Å². The van der Waals surface area contributed by atoms with Crippen LogP contribution in [0.5, 0.6) is 5.88 Å². The number of nitrogens with zero attached hydrogens (tertiary/aromatic N) is 6. The van der Waals surface area contributed by atoms with Crippen LogP contribution in [0.3, 0.4) is 0 Å². The Hall–Kier alpha value is -3.61. The van der Waals surface area contributed by atoms with E-state index in [9.17, 15) is 0 Å². The lowest BCUT2D eigenvalue weighted by atomic mass is 10.1. The molecule has 1 fully saturated rings. The molecule has 0 saturated heterocycles. The van der Waals surface area contributed by atoms with E-state index in [2.05, 4.69) is 45.7 Å². The first-order valence-electron chi connectivity index (χ1n) is 10.7. The molecule has 31 heavy (non-hydrogen) atoms. The molecule has 0 unspecified atom stereocenters. The van der Waals surface area contributed by atoms with Crippen molar-refractivity contribution in [2.24, 2.45) is 5.92 Å². The molecule has 5 aromatic heterocycles. The zero-order valence-corrected chi connectivity index (χ0v) is 17.4. The van der Waals surface area contributed by atoms with E-state index in [-0.39, 0.29) is 0 Å². The fourth-order valence-electron chi connectivity index (χ4n) is 4.21. The van der Waals surface area contributed by atoms with Gasteiger partial charge in [0, 0.05) is 48.3 Å². The van der Waals surface area contributed by atoms with Gasteiger partial charge in [-0.25, -0.2) is 14.5 Å². The molecule has 1 radical (unpaired) electrons. The van der Waals surface area contributed by atoms with Crippen LogP contribution in [-0.2, 0) is 13.1 Å². The summed E-state index contributed by atoms with van der Waals surface area (Å²) >= 11 is 0. The van der Waals surface area contributed by atoms with Crippen LogP contribution in [0.15, 0.2) is 55.4 Å². The van der Waals surface area contributed by atoms with Gasteiger partial charge in [0.05, 0.1) is 24.1 Å². The van der Waals surface area contributed by atoms with Crippen molar-refractivity contribution < 1.29 is 4.74 Å². The molecule has 1 saturated carbocycles. The molecule has 0 atom stereocenters. The fourth-order valence-corrected chi connectivity index (χ4v) is 4.21. The zero-order chi connectivity index (χ0) is 20.8. The van der Waals surface area contributed by atoms with Crippen LogP contribution < -0.4 is 4.74 Å². The van der Waals surface area contributed by atoms with Crippen molar-refractivity contribution in [1.82, 2.24) is 28.7 Å². The maximum absolute atomic E-state index is 6.16. The Morgan fingerprint density at radius 2 is 2.16 bits per heavy atom. The van der Waals surface area contributed by atoms with E-state index >= 15 is 0 Å². The molecule has 1 aliphatic rings. The van der Waals surface area contributed by atoms with Gasteiger partial charge in [0.25, 0.3) is 0 Å². The quantitative estimate of drug-likeness (QED) is 0.404. The van der Waals surface area contributed by atoms with Gasteiger partial charge in [0.1, 0.15) is 17.8 Å². The van der Waals surface area contributed by atoms with Crippen LogP contribution >= 0.6 is 0 Å². The van der Waals surface area contributed by atoms with Gasteiger partial charge in [-0.1, -0.05) is 6.07 Å². The molecule has 1 aliphatic carbocycles. The van der Waals surface area contributed by atoms with Gasteiger partial charge in [-0.15, -0.1) is 0 Å². The third kappa shape index (κ3) is 3.26. The standard InChI is InChI=1S/C24H23N6O/c1-17-20-4-2-3-10-30(20)27-22(17)21-14-19-7-8-26-24(23(19)29(21)15-18-5-6-18)31-13-12-28-11-9-25-16-28/h2,4,7-11,14,16,18H,5-6,12-13,15H2,1H3. The van der Waals surface area contributed by atoms with Crippen molar-refractivity contribution in [2.45, 2.75) is 32.9 Å². The summed E-state index contributed by atoms with van der Waals surface area (Å²) in [4.78, 5) is 8.68. The topological polar surface area (TPSA) is 62.2 Å². The molecular weight excluding hydrogens is 388 g/mol. The van der Waals surface area contributed by atoms with Gasteiger partial charge < -0.3 is 13.9 Å². The van der Waals surface area contributed by atoms with E-state index in [1.165, 1.54) is 18.4 Å². The molecule has 7 nitrogen and oxygen atoms in total. The molecule has 0 aliphatic heterocycles. The highest BCUT2D eigenvalue weighted by molar-refractivity contribution is 5.90. The van der Waals surface area contributed by atoms with Crippen molar-refractivity contribution in [3.05, 3.63) is 67.0 Å². The lowest BCUT2D eigenvalue weighted by Gasteiger charge is -2.13. The van der Waals surface area contributed by atoms with Gasteiger partial charge in [-0.05, 0) is 43.9 Å². The predicted molar refractivity (Wildman–Crippen MR) is 118 cm³/mol. The lowest BCUT2D eigenvalue weighted by Crippen LogP contribution is -2.09. The normalized spacial score (nSPS) is 14.0. The van der Waals surface area contributed by atoms with Crippen LogP contribution in [0.25, 0.3) is 27.8 Å². The number of rotatable bonds is 7. The zero-order valence-electron chi connectivity index (χ0n) is 17.4. The summed E-state index contributed by atoms with van der Waals surface area (Å²) in [5.74, 6) is 1.39. The Labute approximate surface area is 179 Å². The summed E-state index contributed by atoms with van der Waals surface area (Å²) < 4.78 is 12.4. The number of aromatic nitrogens is 6. The molecule has 0 amide bonds. The molecule has 5 aromatic rings. The Kier molecular flexibility index (Phi) is 4.26. The molecule has 0 N–H and O–H groups in total. The first-order valence-corrected chi connectivity index (χ1v) is 10.7. The van der Waals surface area contributed by atoms with Crippen LogP contribution in [0.2, 0.25) is 0 Å². The Balaban J connectivity index is 1.44. The summed E-state index contributed by atoms with van der Waals surface area (Å²) in [5, 5.41) is 6.02. The first kappa shape index (κ1) is 18.2. The second-order valence-electron chi connectivity index (χ2n) is 8.22. The number of fused-ring (bicyclic) bond motifs is 2. The van der Waals surface area contributed by atoms with Crippen molar-refractivity contribution in [3.63, 3.8) is 0 Å². The third-order valence-electron chi connectivity index (χ3n) is 6.03. The smallest absolute Gasteiger partial charge is 0.238 e. The molecule has 7 heteroatoms. The average molecular weight is 411 g/mol. The van der Waals surface area contributed by atoms with Crippen LogP contribution in [0, 0.1) is 18.9 Å². The van der Waals surface area contributed by atoms with Gasteiger partial charge in [0.2, 0.25) is 5.88 Å². The van der Waals surface area contributed by atoms with Gasteiger partial charge >= 0.3 is 0 Å². The van der Waals surface area contributed by atoms with Crippen molar-refractivity contribution in [2.75, 3.05) is 6.61 Å². The van der Waals surface area contributed by atoms with Gasteiger partial charge in [-0.3, -0.25) is 0 Å². The van der Waals surface area contributed by atoms with Gasteiger partial charge in [-0.2, -0.15) is 5.10 Å². The van der Waals surface area contributed by atoms with Crippen molar-refractivity contribution in [1.29, 1.82) is 0 Å². The Morgan fingerprint density at radius 1 is 1.23 bits per heavy atom. The highest BCUT2D eigenvalue weighted by Crippen LogP contribution is 2.39. The van der Waals surface area contributed by atoms with E-state index in [1.807, 2.05) is 33.7 Å². The number of hydrogen-bond acceptors (Lipinski definition) is 4. The minimum Gasteiger partial charge on any atom is -0.474 e. The van der Waals surface area contributed by atoms with E-state index in [0.29, 0.717) is 18.4 Å². The molecule has 5 heterocycles. The summed E-state index contributed by atoms with van der Waals surface area (Å²) in [5.41, 5.74) is 5.45. The summed E-state index contributed by atoms with van der Waals surface area (Å²) in [6.45, 7) is 4.37. The molecule has 6 rings (SSSR count). The minimum atomic E-state index is 0.537. The molecule has 0 aromatic carbocycles. The second-order valence-corrected chi connectivity index (χ2v) is 8.22. The number of aryl methyl sites for hydroxylation is 1. The first-order chi connectivity index (χ1) is 15.3. The van der Waals surface area contributed by atoms with Gasteiger partial charge in [0.15, 0.2) is 0 Å². The highest BCUT2D eigenvalue weighted by atomic mass is 16.5. The van der Waals surface area contributed by atoms with Crippen molar-refractivity contribution >= 4 is 16.4 Å². The van der Waals surface area contributed by atoms with Crippen LogP contribution in [0.1, 0.15) is 18.4 Å².